The predicted molar refractivity (Wildman–Crippen MR) is 79.9 cm³/mol. The Balaban J connectivity index is 2.50. The van der Waals surface area contributed by atoms with Crippen molar-refractivity contribution in [3.8, 4) is 0 Å². The molecule has 1 saturated heterocycles. The van der Waals surface area contributed by atoms with Gasteiger partial charge in [0.15, 0.2) is 0 Å². The fourth-order valence-electron chi connectivity index (χ4n) is 2.70. The first-order valence-electron chi connectivity index (χ1n) is 7.64. The summed E-state index contributed by atoms with van der Waals surface area (Å²) in [5, 5.41) is 0. The van der Waals surface area contributed by atoms with Crippen LogP contribution in [-0.4, -0.2) is 54.0 Å². The molecule has 2 N–H and O–H groups in total. The van der Waals surface area contributed by atoms with Gasteiger partial charge in [0.25, 0.3) is 0 Å². The highest BCUT2D eigenvalue weighted by atomic mass is 16.2. The summed E-state index contributed by atoms with van der Waals surface area (Å²) in [6, 6.07) is 0.611. The largest absolute Gasteiger partial charge is 0.341 e. The van der Waals surface area contributed by atoms with E-state index in [1.807, 2.05) is 11.9 Å². The molecule has 0 unspecified atom stereocenters. The van der Waals surface area contributed by atoms with E-state index in [0.29, 0.717) is 12.1 Å². The van der Waals surface area contributed by atoms with Crippen LogP contribution in [0.25, 0.3) is 0 Å². The third-order valence-corrected chi connectivity index (χ3v) is 4.67. The second-order valence-electron chi connectivity index (χ2n) is 6.22. The maximum atomic E-state index is 12.3. The standard InChI is InChI=1S/C15H31N3O/c1-6-12(4)14(16)15(19)17(5)13-7-9-18(10-8-13)11(2)3/h11-14H,6-10,16H2,1-5H3/t12-,14-/m0/s1. The van der Waals surface area contributed by atoms with Crippen LogP contribution in [0.3, 0.4) is 0 Å². The second kappa shape index (κ2) is 7.25. The number of piperidine rings is 1. The molecule has 4 heteroatoms. The molecule has 2 atom stereocenters. The van der Waals surface area contributed by atoms with E-state index in [0.717, 1.165) is 32.4 Å². The molecule has 0 spiro atoms. The summed E-state index contributed by atoms with van der Waals surface area (Å²) in [6.45, 7) is 10.8. The minimum absolute atomic E-state index is 0.109. The molecule has 1 aliphatic heterocycles. The molecular formula is C15H31N3O. The lowest BCUT2D eigenvalue weighted by Gasteiger charge is -2.39. The van der Waals surface area contributed by atoms with Crippen molar-refractivity contribution in [2.75, 3.05) is 20.1 Å². The van der Waals surface area contributed by atoms with Crippen LogP contribution in [0.1, 0.15) is 47.0 Å². The molecule has 4 nitrogen and oxygen atoms in total. The molecule has 19 heavy (non-hydrogen) atoms. The van der Waals surface area contributed by atoms with E-state index in [4.69, 9.17) is 5.73 Å². The van der Waals surface area contributed by atoms with E-state index in [2.05, 4.69) is 32.6 Å². The summed E-state index contributed by atoms with van der Waals surface area (Å²) in [5.41, 5.74) is 6.05. The minimum atomic E-state index is -0.349. The lowest BCUT2D eigenvalue weighted by Crippen LogP contribution is -2.52. The summed E-state index contributed by atoms with van der Waals surface area (Å²) in [6.07, 6.45) is 3.08. The van der Waals surface area contributed by atoms with Gasteiger partial charge in [-0.05, 0) is 32.6 Å². The van der Waals surface area contributed by atoms with Crippen LogP contribution in [0.15, 0.2) is 0 Å². The number of carbonyl (C=O) groups excluding carboxylic acids is 1. The Hall–Kier alpha value is -0.610. The Bertz CT molecular complexity index is 285. The zero-order chi connectivity index (χ0) is 14.6. The third kappa shape index (κ3) is 4.18. The molecule has 1 amide bonds. The molecule has 1 fully saturated rings. The number of nitrogens with zero attached hydrogens (tertiary/aromatic N) is 2. The minimum Gasteiger partial charge on any atom is -0.341 e. The summed E-state index contributed by atoms with van der Waals surface area (Å²) < 4.78 is 0. The first kappa shape index (κ1) is 16.4. The Labute approximate surface area is 118 Å². The van der Waals surface area contributed by atoms with E-state index in [1.54, 1.807) is 0 Å². The molecular weight excluding hydrogens is 238 g/mol. The molecule has 0 radical (unpaired) electrons. The number of amides is 1. The van der Waals surface area contributed by atoms with Gasteiger partial charge in [-0.15, -0.1) is 0 Å². The van der Waals surface area contributed by atoms with Crippen molar-refractivity contribution in [1.82, 2.24) is 9.80 Å². The van der Waals surface area contributed by atoms with Crippen molar-refractivity contribution in [2.24, 2.45) is 11.7 Å². The summed E-state index contributed by atoms with van der Waals surface area (Å²) in [7, 11) is 1.92. The highest BCUT2D eigenvalue weighted by Gasteiger charge is 2.30. The quantitative estimate of drug-likeness (QED) is 0.826. The van der Waals surface area contributed by atoms with Crippen molar-refractivity contribution in [3.05, 3.63) is 0 Å². The number of hydrogen-bond donors (Lipinski definition) is 1. The van der Waals surface area contributed by atoms with Crippen LogP contribution in [0.4, 0.5) is 0 Å². The van der Waals surface area contributed by atoms with Gasteiger partial charge in [0.2, 0.25) is 5.91 Å². The van der Waals surface area contributed by atoms with Crippen molar-refractivity contribution in [3.63, 3.8) is 0 Å². The van der Waals surface area contributed by atoms with Gasteiger partial charge in [0.1, 0.15) is 0 Å². The van der Waals surface area contributed by atoms with Gasteiger partial charge in [0.05, 0.1) is 6.04 Å². The smallest absolute Gasteiger partial charge is 0.239 e. The normalized spacial score (nSPS) is 21.4. The van der Waals surface area contributed by atoms with Crippen LogP contribution in [-0.2, 0) is 4.79 Å². The van der Waals surface area contributed by atoms with Crippen molar-refractivity contribution < 1.29 is 4.79 Å². The van der Waals surface area contributed by atoms with E-state index < -0.39 is 0 Å². The van der Waals surface area contributed by atoms with E-state index in [1.165, 1.54) is 0 Å². The maximum Gasteiger partial charge on any atom is 0.239 e. The molecule has 1 rings (SSSR count). The number of nitrogens with two attached hydrogens (primary N) is 1. The fraction of sp³-hybridized carbons (Fsp3) is 0.933. The molecule has 0 aromatic carbocycles. The Kier molecular flexibility index (Phi) is 6.27. The molecule has 0 saturated carbocycles. The lowest BCUT2D eigenvalue weighted by molar-refractivity contribution is -0.135. The summed E-state index contributed by atoms with van der Waals surface area (Å²) >= 11 is 0. The first-order valence-corrected chi connectivity index (χ1v) is 7.64. The fourth-order valence-corrected chi connectivity index (χ4v) is 2.70. The second-order valence-corrected chi connectivity index (χ2v) is 6.22. The highest BCUT2D eigenvalue weighted by Crippen LogP contribution is 2.19. The Morgan fingerprint density at radius 1 is 1.32 bits per heavy atom. The number of likely N-dealkylation sites (N-methyl/N-ethyl adjacent to an activating group) is 1. The number of likely N-dealkylation sites (tertiary alicyclic amines) is 1. The summed E-state index contributed by atoms with van der Waals surface area (Å²) in [5.74, 6) is 0.364. The van der Waals surface area contributed by atoms with E-state index >= 15 is 0 Å². The van der Waals surface area contributed by atoms with Crippen molar-refractivity contribution in [1.29, 1.82) is 0 Å². The van der Waals surface area contributed by atoms with Gasteiger partial charge >= 0.3 is 0 Å². The van der Waals surface area contributed by atoms with Gasteiger partial charge in [-0.3, -0.25) is 4.79 Å². The molecule has 0 aromatic rings. The molecule has 1 aliphatic rings. The monoisotopic (exact) mass is 269 g/mol. The van der Waals surface area contributed by atoms with Crippen LogP contribution in [0.2, 0.25) is 0 Å². The van der Waals surface area contributed by atoms with E-state index in [9.17, 15) is 4.79 Å². The first-order chi connectivity index (χ1) is 8.88. The molecule has 112 valence electrons. The average molecular weight is 269 g/mol. The van der Waals surface area contributed by atoms with Gasteiger partial charge < -0.3 is 15.5 Å². The molecule has 0 bridgehead atoms. The molecule has 1 heterocycles. The van der Waals surface area contributed by atoms with Crippen LogP contribution >= 0.6 is 0 Å². The maximum absolute atomic E-state index is 12.3. The predicted octanol–water partition coefficient (Wildman–Crippen LogP) is 1.69. The zero-order valence-electron chi connectivity index (χ0n) is 13.2. The van der Waals surface area contributed by atoms with Crippen LogP contribution in [0.5, 0.6) is 0 Å². The van der Waals surface area contributed by atoms with Crippen molar-refractivity contribution in [2.45, 2.75) is 65.1 Å². The van der Waals surface area contributed by atoms with Crippen LogP contribution in [0, 0.1) is 5.92 Å². The van der Waals surface area contributed by atoms with Gasteiger partial charge in [-0.1, -0.05) is 20.3 Å². The number of carbonyl (C=O) groups is 1. The topological polar surface area (TPSA) is 49.6 Å². The third-order valence-electron chi connectivity index (χ3n) is 4.67. The Morgan fingerprint density at radius 2 is 1.84 bits per heavy atom. The van der Waals surface area contributed by atoms with Crippen molar-refractivity contribution >= 4 is 5.91 Å². The number of rotatable bonds is 5. The Morgan fingerprint density at radius 3 is 2.26 bits per heavy atom. The van der Waals surface area contributed by atoms with Gasteiger partial charge in [0, 0.05) is 32.2 Å². The molecule has 0 aliphatic carbocycles. The van der Waals surface area contributed by atoms with Crippen LogP contribution < -0.4 is 5.73 Å². The van der Waals surface area contributed by atoms with Gasteiger partial charge in [-0.25, -0.2) is 0 Å². The highest BCUT2D eigenvalue weighted by molar-refractivity contribution is 5.82. The zero-order valence-corrected chi connectivity index (χ0v) is 13.2. The molecule has 0 aromatic heterocycles. The van der Waals surface area contributed by atoms with E-state index in [-0.39, 0.29) is 17.9 Å². The lowest BCUT2D eigenvalue weighted by atomic mass is 9.96. The van der Waals surface area contributed by atoms with Gasteiger partial charge in [-0.2, -0.15) is 0 Å². The SMILES string of the molecule is CC[C@H](C)[C@H](N)C(=O)N(C)C1CCN(C(C)C)CC1. The average Bonchev–Trinajstić information content (AvgIpc) is 2.44. The summed E-state index contributed by atoms with van der Waals surface area (Å²) in [4.78, 5) is 16.7. The number of hydrogen-bond acceptors (Lipinski definition) is 3.